The first-order valence-corrected chi connectivity index (χ1v) is 5.72. The van der Waals surface area contributed by atoms with Gasteiger partial charge in [0.25, 0.3) is 0 Å². The fraction of sp³-hybridized carbons (Fsp3) is 0.308. The van der Waals surface area contributed by atoms with E-state index in [1.807, 2.05) is 30.7 Å². The summed E-state index contributed by atoms with van der Waals surface area (Å²) in [4.78, 5) is 0. The molecule has 90 valence electrons. The maximum Gasteiger partial charge on any atom is 0.146 e. The molecule has 0 saturated carbocycles. The number of aromatic nitrogens is 2. The lowest BCUT2D eigenvalue weighted by Crippen LogP contribution is -2.08. The van der Waals surface area contributed by atoms with Crippen LogP contribution in [0, 0.1) is 12.7 Å². The van der Waals surface area contributed by atoms with Gasteiger partial charge in [0.05, 0.1) is 23.6 Å². The Morgan fingerprint density at radius 2 is 2.12 bits per heavy atom. The zero-order valence-electron chi connectivity index (χ0n) is 10.1. The van der Waals surface area contributed by atoms with Gasteiger partial charge in [-0.15, -0.1) is 0 Å². The van der Waals surface area contributed by atoms with Gasteiger partial charge >= 0.3 is 0 Å². The SMILES string of the molecule is CCn1nc(C)cc1CNc1ccccc1F. The van der Waals surface area contributed by atoms with E-state index < -0.39 is 0 Å². The molecule has 17 heavy (non-hydrogen) atoms. The summed E-state index contributed by atoms with van der Waals surface area (Å²) in [6, 6.07) is 8.69. The van der Waals surface area contributed by atoms with Gasteiger partial charge in [0.15, 0.2) is 0 Å². The highest BCUT2D eigenvalue weighted by atomic mass is 19.1. The van der Waals surface area contributed by atoms with E-state index >= 15 is 0 Å². The molecular weight excluding hydrogens is 217 g/mol. The van der Waals surface area contributed by atoms with E-state index in [0.29, 0.717) is 12.2 Å². The zero-order chi connectivity index (χ0) is 12.3. The number of hydrogen-bond donors (Lipinski definition) is 1. The van der Waals surface area contributed by atoms with Crippen molar-refractivity contribution in [2.24, 2.45) is 0 Å². The molecule has 2 aromatic rings. The number of rotatable bonds is 4. The highest BCUT2D eigenvalue weighted by Gasteiger charge is 2.05. The fourth-order valence-electron chi connectivity index (χ4n) is 1.81. The maximum absolute atomic E-state index is 13.4. The molecule has 1 heterocycles. The van der Waals surface area contributed by atoms with E-state index in [0.717, 1.165) is 17.9 Å². The fourth-order valence-corrected chi connectivity index (χ4v) is 1.81. The second-order valence-electron chi connectivity index (χ2n) is 3.93. The largest absolute Gasteiger partial charge is 0.377 e. The van der Waals surface area contributed by atoms with Crippen molar-refractivity contribution < 1.29 is 4.39 Å². The van der Waals surface area contributed by atoms with Crippen LogP contribution in [-0.4, -0.2) is 9.78 Å². The van der Waals surface area contributed by atoms with Gasteiger partial charge in [-0.3, -0.25) is 4.68 Å². The standard InChI is InChI=1S/C13H16FN3/c1-3-17-11(8-10(2)16-17)9-15-13-7-5-4-6-12(13)14/h4-8,15H,3,9H2,1-2H3. The summed E-state index contributed by atoms with van der Waals surface area (Å²) in [5, 5.41) is 7.43. The predicted octanol–water partition coefficient (Wildman–Crippen LogP) is 2.96. The number of hydrogen-bond acceptors (Lipinski definition) is 2. The zero-order valence-corrected chi connectivity index (χ0v) is 10.1. The summed E-state index contributed by atoms with van der Waals surface area (Å²) in [5.41, 5.74) is 2.57. The summed E-state index contributed by atoms with van der Waals surface area (Å²) in [5.74, 6) is -0.230. The lowest BCUT2D eigenvalue weighted by Gasteiger charge is -2.08. The summed E-state index contributed by atoms with van der Waals surface area (Å²) in [7, 11) is 0. The summed E-state index contributed by atoms with van der Waals surface area (Å²) >= 11 is 0. The van der Waals surface area contributed by atoms with Crippen LogP contribution < -0.4 is 5.32 Å². The van der Waals surface area contributed by atoms with Crippen LogP contribution in [0.15, 0.2) is 30.3 Å². The molecular formula is C13H16FN3. The van der Waals surface area contributed by atoms with Crippen LogP contribution >= 0.6 is 0 Å². The Balaban J connectivity index is 2.09. The predicted molar refractivity (Wildman–Crippen MR) is 66.4 cm³/mol. The third-order valence-corrected chi connectivity index (χ3v) is 2.62. The Kier molecular flexibility index (Phi) is 3.42. The van der Waals surface area contributed by atoms with Crippen LogP contribution in [0.5, 0.6) is 0 Å². The minimum atomic E-state index is -0.230. The van der Waals surface area contributed by atoms with Crippen LogP contribution in [0.2, 0.25) is 0 Å². The Morgan fingerprint density at radius 1 is 1.35 bits per heavy atom. The molecule has 0 saturated heterocycles. The average Bonchev–Trinajstić information content (AvgIpc) is 2.69. The number of anilines is 1. The van der Waals surface area contributed by atoms with E-state index in [1.165, 1.54) is 6.07 Å². The number of benzene rings is 1. The number of halogens is 1. The molecule has 1 N–H and O–H groups in total. The Bertz CT molecular complexity index is 505. The molecule has 0 amide bonds. The molecule has 4 heteroatoms. The Morgan fingerprint density at radius 3 is 2.82 bits per heavy atom. The van der Waals surface area contributed by atoms with Crippen molar-refractivity contribution in [2.45, 2.75) is 26.9 Å². The first kappa shape index (κ1) is 11.6. The molecule has 1 aromatic carbocycles. The summed E-state index contributed by atoms with van der Waals surface area (Å²) in [6.45, 7) is 5.40. The van der Waals surface area contributed by atoms with Crippen molar-refractivity contribution in [3.63, 3.8) is 0 Å². The average molecular weight is 233 g/mol. The summed E-state index contributed by atoms with van der Waals surface area (Å²) in [6.07, 6.45) is 0. The lowest BCUT2D eigenvalue weighted by molar-refractivity contribution is 0.616. The smallest absolute Gasteiger partial charge is 0.146 e. The first-order chi connectivity index (χ1) is 8.20. The number of aryl methyl sites for hydroxylation is 2. The molecule has 0 aliphatic rings. The van der Waals surface area contributed by atoms with Crippen molar-refractivity contribution in [2.75, 3.05) is 5.32 Å². The van der Waals surface area contributed by atoms with Crippen molar-refractivity contribution in [3.05, 3.63) is 47.5 Å². The van der Waals surface area contributed by atoms with E-state index in [9.17, 15) is 4.39 Å². The number of para-hydroxylation sites is 1. The van der Waals surface area contributed by atoms with Crippen LogP contribution in [-0.2, 0) is 13.1 Å². The van der Waals surface area contributed by atoms with Crippen LogP contribution in [0.4, 0.5) is 10.1 Å². The maximum atomic E-state index is 13.4. The third-order valence-electron chi connectivity index (χ3n) is 2.62. The molecule has 0 fully saturated rings. The first-order valence-electron chi connectivity index (χ1n) is 5.72. The quantitative estimate of drug-likeness (QED) is 0.879. The minimum Gasteiger partial charge on any atom is -0.377 e. The van der Waals surface area contributed by atoms with Crippen LogP contribution in [0.3, 0.4) is 0 Å². The Labute approximate surface area is 100 Å². The molecule has 0 aliphatic carbocycles. The summed E-state index contributed by atoms with van der Waals surface area (Å²) < 4.78 is 15.3. The van der Waals surface area contributed by atoms with Crippen LogP contribution in [0.1, 0.15) is 18.3 Å². The van der Waals surface area contributed by atoms with Gasteiger partial charge in [-0.25, -0.2) is 4.39 Å². The van der Waals surface area contributed by atoms with Gasteiger partial charge in [0.2, 0.25) is 0 Å². The van der Waals surface area contributed by atoms with Gasteiger partial charge in [0, 0.05) is 6.54 Å². The van der Waals surface area contributed by atoms with Crippen molar-refractivity contribution in [1.82, 2.24) is 9.78 Å². The second-order valence-corrected chi connectivity index (χ2v) is 3.93. The molecule has 1 aromatic heterocycles. The molecule has 2 rings (SSSR count). The monoisotopic (exact) mass is 233 g/mol. The van der Waals surface area contributed by atoms with Gasteiger partial charge in [-0.1, -0.05) is 12.1 Å². The second kappa shape index (κ2) is 4.99. The molecule has 3 nitrogen and oxygen atoms in total. The number of nitrogens with zero attached hydrogens (tertiary/aromatic N) is 2. The topological polar surface area (TPSA) is 29.9 Å². The molecule has 0 atom stereocenters. The van der Waals surface area contributed by atoms with Gasteiger partial charge in [-0.2, -0.15) is 5.10 Å². The molecule has 0 aliphatic heterocycles. The van der Waals surface area contributed by atoms with Gasteiger partial charge in [-0.05, 0) is 32.0 Å². The van der Waals surface area contributed by atoms with Crippen LogP contribution in [0.25, 0.3) is 0 Å². The molecule has 0 unspecified atom stereocenters. The van der Waals surface area contributed by atoms with E-state index in [-0.39, 0.29) is 5.82 Å². The van der Waals surface area contributed by atoms with Gasteiger partial charge in [0.1, 0.15) is 5.82 Å². The third kappa shape index (κ3) is 2.64. The van der Waals surface area contributed by atoms with Crippen molar-refractivity contribution in [3.8, 4) is 0 Å². The normalized spacial score (nSPS) is 10.5. The molecule has 0 bridgehead atoms. The van der Waals surface area contributed by atoms with Crippen molar-refractivity contribution in [1.29, 1.82) is 0 Å². The van der Waals surface area contributed by atoms with Gasteiger partial charge < -0.3 is 5.32 Å². The highest BCUT2D eigenvalue weighted by Crippen LogP contribution is 2.14. The highest BCUT2D eigenvalue weighted by molar-refractivity contribution is 5.44. The minimum absolute atomic E-state index is 0.230. The van der Waals surface area contributed by atoms with E-state index in [2.05, 4.69) is 10.4 Å². The molecule has 0 radical (unpaired) electrons. The van der Waals surface area contributed by atoms with Crippen molar-refractivity contribution >= 4 is 5.69 Å². The number of nitrogens with one attached hydrogen (secondary N) is 1. The van der Waals surface area contributed by atoms with E-state index in [4.69, 9.17) is 0 Å². The molecule has 0 spiro atoms. The Hall–Kier alpha value is -1.84. The van der Waals surface area contributed by atoms with E-state index in [1.54, 1.807) is 12.1 Å². The lowest BCUT2D eigenvalue weighted by atomic mass is 10.3.